The van der Waals surface area contributed by atoms with E-state index in [9.17, 15) is 8.78 Å². The Morgan fingerprint density at radius 1 is 0.850 bits per heavy atom. The monoisotopic (exact) mass is 277 g/mol. The van der Waals surface area contributed by atoms with E-state index in [2.05, 4.69) is 0 Å². The summed E-state index contributed by atoms with van der Waals surface area (Å²) in [5.74, 6) is -0.451. The lowest BCUT2D eigenvalue weighted by Gasteiger charge is -2.20. The van der Waals surface area contributed by atoms with E-state index in [1.165, 1.54) is 12.1 Å². The normalized spacial score (nSPS) is 10.5. The van der Waals surface area contributed by atoms with Crippen LogP contribution in [0.1, 0.15) is 41.5 Å². The third kappa shape index (κ3) is 3.23. The number of halogens is 2. The first kappa shape index (κ1) is 16.3. The molecule has 0 unspecified atom stereocenters. The second kappa shape index (κ2) is 6.62. The van der Waals surface area contributed by atoms with Crippen molar-refractivity contribution in [3.63, 3.8) is 0 Å². The van der Waals surface area contributed by atoms with Crippen molar-refractivity contribution in [2.75, 3.05) is 0 Å². The lowest BCUT2D eigenvalue weighted by Crippen LogP contribution is -2.05. The summed E-state index contributed by atoms with van der Waals surface area (Å²) in [6.45, 7) is 5.97. The quantitative estimate of drug-likeness (QED) is 0.813. The third-order valence-electron chi connectivity index (χ3n) is 3.64. The van der Waals surface area contributed by atoms with E-state index in [1.54, 1.807) is 24.3 Å². The van der Waals surface area contributed by atoms with Crippen LogP contribution in [0.2, 0.25) is 0 Å². The van der Waals surface area contributed by atoms with Crippen LogP contribution in [0, 0.1) is 25.5 Å². The van der Waals surface area contributed by atoms with Gasteiger partial charge < -0.3 is 6.15 Å². The van der Waals surface area contributed by atoms with Gasteiger partial charge in [0.15, 0.2) is 0 Å². The fourth-order valence-corrected chi connectivity index (χ4v) is 2.58. The Balaban J connectivity index is 0.00000200. The minimum Gasteiger partial charge on any atom is -0.344 e. The van der Waals surface area contributed by atoms with Gasteiger partial charge in [-0.05, 0) is 66.8 Å². The molecule has 0 aliphatic heterocycles. The van der Waals surface area contributed by atoms with E-state index >= 15 is 0 Å². The van der Waals surface area contributed by atoms with E-state index in [0.717, 1.165) is 28.7 Å². The van der Waals surface area contributed by atoms with Gasteiger partial charge in [-0.1, -0.05) is 19.1 Å². The lowest BCUT2D eigenvalue weighted by molar-refractivity contribution is 0.615. The van der Waals surface area contributed by atoms with Crippen LogP contribution in [0.25, 0.3) is 0 Å². The number of hydrogen-bond donors (Lipinski definition) is 1. The molecule has 20 heavy (non-hydrogen) atoms. The Bertz CT molecular complexity index is 542. The molecule has 0 bridgehead atoms. The first-order valence-corrected chi connectivity index (χ1v) is 6.55. The van der Waals surface area contributed by atoms with E-state index in [0.29, 0.717) is 0 Å². The van der Waals surface area contributed by atoms with E-state index in [1.807, 2.05) is 20.8 Å². The second-order valence-corrected chi connectivity index (χ2v) is 4.96. The molecule has 1 nitrogen and oxygen atoms in total. The lowest BCUT2D eigenvalue weighted by atomic mass is 9.84. The van der Waals surface area contributed by atoms with Gasteiger partial charge in [0, 0.05) is 5.92 Å². The van der Waals surface area contributed by atoms with Gasteiger partial charge in [0.05, 0.1) is 0 Å². The van der Waals surface area contributed by atoms with Gasteiger partial charge in [-0.2, -0.15) is 0 Å². The highest BCUT2D eigenvalue weighted by Gasteiger charge is 2.17. The summed E-state index contributed by atoms with van der Waals surface area (Å²) in [4.78, 5) is 0. The van der Waals surface area contributed by atoms with Crippen LogP contribution in [-0.2, 0) is 0 Å². The highest BCUT2D eigenvalue weighted by Crippen LogP contribution is 2.32. The van der Waals surface area contributed by atoms with Crippen molar-refractivity contribution in [3.05, 3.63) is 70.3 Å². The first-order valence-electron chi connectivity index (χ1n) is 6.55. The summed E-state index contributed by atoms with van der Waals surface area (Å²) in [6.07, 6.45) is 0.814. The SMILES string of the molecule is CCC(c1cc(F)ccc1C)c1cc(F)ccc1C.N. The van der Waals surface area contributed by atoms with Crippen molar-refractivity contribution in [2.45, 2.75) is 33.1 Å². The van der Waals surface area contributed by atoms with Gasteiger partial charge >= 0.3 is 0 Å². The van der Waals surface area contributed by atoms with Gasteiger partial charge in [-0.15, -0.1) is 0 Å². The Kier molecular flexibility index (Phi) is 5.40. The van der Waals surface area contributed by atoms with Crippen LogP contribution in [-0.4, -0.2) is 0 Å². The molecule has 0 amide bonds. The zero-order chi connectivity index (χ0) is 14.0. The molecule has 0 aliphatic rings. The van der Waals surface area contributed by atoms with Gasteiger partial charge in [0.1, 0.15) is 11.6 Å². The molecular weight excluding hydrogens is 256 g/mol. The van der Waals surface area contributed by atoms with Gasteiger partial charge in [0.25, 0.3) is 0 Å². The van der Waals surface area contributed by atoms with Crippen LogP contribution in [0.5, 0.6) is 0 Å². The van der Waals surface area contributed by atoms with Crippen molar-refractivity contribution in [2.24, 2.45) is 0 Å². The average Bonchev–Trinajstić information content (AvgIpc) is 2.38. The maximum Gasteiger partial charge on any atom is 0.123 e. The van der Waals surface area contributed by atoms with Gasteiger partial charge in [-0.3, -0.25) is 0 Å². The van der Waals surface area contributed by atoms with Crippen LogP contribution in [0.15, 0.2) is 36.4 Å². The molecule has 2 rings (SSSR count). The summed E-state index contributed by atoms with van der Waals surface area (Å²) in [5, 5.41) is 0. The van der Waals surface area contributed by atoms with Crippen LogP contribution in [0.4, 0.5) is 8.78 Å². The predicted molar refractivity (Wildman–Crippen MR) is 79.4 cm³/mol. The fourth-order valence-electron chi connectivity index (χ4n) is 2.58. The largest absolute Gasteiger partial charge is 0.344 e. The molecule has 0 fully saturated rings. The van der Waals surface area contributed by atoms with Crippen molar-refractivity contribution in [1.29, 1.82) is 0 Å². The zero-order valence-corrected chi connectivity index (χ0v) is 12.2. The van der Waals surface area contributed by atoms with E-state index in [-0.39, 0.29) is 23.7 Å². The Hall–Kier alpha value is -1.74. The predicted octanol–water partition coefficient (Wildman–Crippen LogP) is 5.29. The molecule has 2 aromatic carbocycles. The van der Waals surface area contributed by atoms with Crippen molar-refractivity contribution < 1.29 is 8.78 Å². The Labute approximate surface area is 119 Å². The zero-order valence-electron chi connectivity index (χ0n) is 12.2. The first-order chi connectivity index (χ1) is 9.02. The molecule has 3 N–H and O–H groups in total. The van der Waals surface area contributed by atoms with Crippen molar-refractivity contribution in [3.8, 4) is 0 Å². The number of rotatable bonds is 3. The molecule has 0 spiro atoms. The molecule has 2 aromatic rings. The average molecular weight is 277 g/mol. The third-order valence-corrected chi connectivity index (χ3v) is 3.64. The maximum absolute atomic E-state index is 13.5. The minimum atomic E-state index is -0.242. The Morgan fingerprint density at radius 2 is 1.25 bits per heavy atom. The van der Waals surface area contributed by atoms with Crippen molar-refractivity contribution >= 4 is 0 Å². The topological polar surface area (TPSA) is 35.0 Å². The Morgan fingerprint density at radius 3 is 1.60 bits per heavy atom. The molecule has 0 saturated carbocycles. The molecule has 0 aromatic heterocycles. The molecule has 0 heterocycles. The highest BCUT2D eigenvalue weighted by atomic mass is 19.1. The highest BCUT2D eigenvalue weighted by molar-refractivity contribution is 5.41. The fraction of sp³-hybridized carbons (Fsp3) is 0.294. The smallest absolute Gasteiger partial charge is 0.123 e. The molecule has 108 valence electrons. The molecule has 0 atom stereocenters. The van der Waals surface area contributed by atoms with Gasteiger partial charge in [-0.25, -0.2) is 8.78 Å². The number of hydrogen-bond acceptors (Lipinski definition) is 1. The van der Waals surface area contributed by atoms with E-state index < -0.39 is 0 Å². The number of benzene rings is 2. The maximum atomic E-state index is 13.5. The standard InChI is InChI=1S/C17H18F2.H3N/c1-4-15(16-9-13(18)7-5-11(16)2)17-10-14(19)8-6-12(17)3;/h5-10,15H,4H2,1-3H3;1H3. The van der Waals surface area contributed by atoms with Crippen LogP contribution >= 0.6 is 0 Å². The van der Waals surface area contributed by atoms with Crippen LogP contribution in [0.3, 0.4) is 0 Å². The summed E-state index contributed by atoms with van der Waals surface area (Å²) in [6, 6.07) is 9.61. The summed E-state index contributed by atoms with van der Waals surface area (Å²) < 4.78 is 26.9. The molecule has 0 saturated heterocycles. The molecule has 0 radical (unpaired) electrons. The van der Waals surface area contributed by atoms with Crippen LogP contribution < -0.4 is 6.15 Å². The van der Waals surface area contributed by atoms with Crippen molar-refractivity contribution in [1.82, 2.24) is 6.15 Å². The summed E-state index contributed by atoms with van der Waals surface area (Å²) in [7, 11) is 0. The van der Waals surface area contributed by atoms with Gasteiger partial charge in [0.2, 0.25) is 0 Å². The molecule has 3 heteroatoms. The molecular formula is C17H21F2N. The minimum absolute atomic E-state index is 0. The summed E-state index contributed by atoms with van der Waals surface area (Å²) >= 11 is 0. The molecule has 0 aliphatic carbocycles. The second-order valence-electron chi connectivity index (χ2n) is 4.96. The number of aryl methyl sites for hydroxylation is 2. The summed E-state index contributed by atoms with van der Waals surface area (Å²) in [5.41, 5.74) is 3.96. The van der Waals surface area contributed by atoms with E-state index in [4.69, 9.17) is 0 Å².